The zero-order chi connectivity index (χ0) is 49.9. The van der Waals surface area contributed by atoms with Gasteiger partial charge in [0.05, 0.1) is 12.7 Å². The Morgan fingerprint density at radius 3 is 2.00 bits per heavy atom. The first-order chi connectivity index (χ1) is 33.6. The lowest BCUT2D eigenvalue weighted by Gasteiger charge is -2.63. The quantitative estimate of drug-likeness (QED) is 0.0473. The van der Waals surface area contributed by atoms with Crippen molar-refractivity contribution in [1.82, 2.24) is 16.0 Å². The summed E-state index contributed by atoms with van der Waals surface area (Å²) in [5, 5.41) is 21.1. The zero-order valence-electron chi connectivity index (χ0n) is 43.2. The van der Waals surface area contributed by atoms with Crippen molar-refractivity contribution >= 4 is 29.3 Å². The number of anilines is 1. The summed E-state index contributed by atoms with van der Waals surface area (Å²) in [7, 11) is 0. The Hall–Kier alpha value is -4.80. The molecule has 0 radical (unpaired) electrons. The molecule has 4 aliphatic rings. The normalized spacial score (nSPS) is 27.2. The van der Waals surface area contributed by atoms with E-state index in [1.807, 2.05) is 60.7 Å². The van der Waals surface area contributed by atoms with Gasteiger partial charge in [0, 0.05) is 44.5 Å². The van der Waals surface area contributed by atoms with Crippen LogP contribution < -0.4 is 21.3 Å². The molecule has 0 aromatic heterocycles. The minimum atomic E-state index is -0.992. The standard InChI is InChI=1S/C60H84N4O6/c1-41(2)15-13-16-42(3)49-25-26-52-59(49,5)34-31-53-58(4)33-30-48(39-46(58)29-32-60(52,53)6)70-36-14-35-61-54(66)27-28-55(67)63-50(37-43-17-9-7-10-18-43)57(69)64-51(38-44-19-11-8-12-20-44)56(68)62-47-23-21-45(40-65)22-24-47/h7-12,17-24,29,41-42,48-53,65H,13-16,25-28,30-40H2,1-6H3,(H,61,66)(H,62,68)(H,63,67)(H,64,69)/t42-,48+,49-,50+,51+,52-,53-,58+,59-,60+/m1/s1. The molecule has 0 spiro atoms. The van der Waals surface area contributed by atoms with Gasteiger partial charge < -0.3 is 31.1 Å². The molecule has 0 aliphatic heterocycles. The molecule has 3 fully saturated rings. The summed E-state index contributed by atoms with van der Waals surface area (Å²) in [5.74, 6) is 2.42. The first kappa shape index (κ1) is 53.0. The van der Waals surface area contributed by atoms with E-state index in [0.29, 0.717) is 41.7 Å². The third-order valence-corrected chi connectivity index (χ3v) is 17.7. The second-order valence-electron chi connectivity index (χ2n) is 22.8. The maximum atomic E-state index is 14.0. The number of benzene rings is 3. The number of hydrogen-bond donors (Lipinski definition) is 5. The van der Waals surface area contributed by atoms with E-state index in [-0.39, 0.29) is 49.7 Å². The number of hydrogen-bond acceptors (Lipinski definition) is 6. The van der Waals surface area contributed by atoms with Crippen molar-refractivity contribution in [1.29, 1.82) is 0 Å². The van der Waals surface area contributed by atoms with E-state index in [2.05, 4.69) is 68.9 Å². The molecule has 0 heterocycles. The number of carbonyl (C=O) groups excluding carboxylic acids is 4. The topological polar surface area (TPSA) is 146 Å². The van der Waals surface area contributed by atoms with Crippen LogP contribution in [0, 0.1) is 45.8 Å². The number of allylic oxidation sites excluding steroid dienone is 1. The van der Waals surface area contributed by atoms with Crippen molar-refractivity contribution in [2.75, 3.05) is 18.5 Å². The fraction of sp³-hybridized carbons (Fsp3) is 0.600. The first-order valence-corrected chi connectivity index (χ1v) is 26.9. The summed E-state index contributed by atoms with van der Waals surface area (Å²) in [6.07, 6.45) is 17.9. The highest BCUT2D eigenvalue weighted by molar-refractivity contribution is 5.98. The van der Waals surface area contributed by atoms with Crippen LogP contribution >= 0.6 is 0 Å². The molecule has 3 aromatic rings. The molecule has 0 saturated heterocycles. The molecule has 70 heavy (non-hydrogen) atoms. The number of aliphatic hydroxyl groups is 1. The molecule has 5 N–H and O–H groups in total. The van der Waals surface area contributed by atoms with Gasteiger partial charge in [-0.2, -0.15) is 0 Å². The van der Waals surface area contributed by atoms with Crippen LogP contribution in [0.1, 0.15) is 148 Å². The average molecular weight is 957 g/mol. The fourth-order valence-electron chi connectivity index (χ4n) is 13.9. The Morgan fingerprint density at radius 2 is 1.34 bits per heavy atom. The van der Waals surface area contributed by atoms with Crippen molar-refractivity contribution in [3.05, 3.63) is 113 Å². The van der Waals surface area contributed by atoms with Crippen molar-refractivity contribution in [3.63, 3.8) is 0 Å². The molecule has 0 unspecified atom stereocenters. The second kappa shape index (κ2) is 24.1. The first-order valence-electron chi connectivity index (χ1n) is 26.9. The summed E-state index contributed by atoms with van der Waals surface area (Å²) in [4.78, 5) is 54.0. The van der Waals surface area contributed by atoms with Crippen LogP contribution in [-0.4, -0.2) is 60.1 Å². The van der Waals surface area contributed by atoms with Gasteiger partial charge in [-0.25, -0.2) is 0 Å². The average Bonchev–Trinajstić information content (AvgIpc) is 3.72. The van der Waals surface area contributed by atoms with Gasteiger partial charge in [-0.05, 0) is 132 Å². The van der Waals surface area contributed by atoms with Crippen LogP contribution in [0.5, 0.6) is 0 Å². The van der Waals surface area contributed by atoms with Crippen LogP contribution in [0.15, 0.2) is 96.6 Å². The summed E-state index contributed by atoms with van der Waals surface area (Å²) in [6.45, 7) is 16.1. The van der Waals surface area contributed by atoms with E-state index in [4.69, 9.17) is 4.74 Å². The minimum Gasteiger partial charge on any atom is -0.392 e. The molecule has 4 aliphatic carbocycles. The lowest BCUT2D eigenvalue weighted by molar-refractivity contribution is -0.131. The van der Waals surface area contributed by atoms with Gasteiger partial charge in [-0.1, -0.05) is 145 Å². The summed E-state index contributed by atoms with van der Waals surface area (Å²) >= 11 is 0. The van der Waals surface area contributed by atoms with E-state index >= 15 is 0 Å². The number of carbonyl (C=O) groups is 4. The van der Waals surface area contributed by atoms with Gasteiger partial charge in [-0.15, -0.1) is 0 Å². The molecule has 0 bridgehead atoms. The lowest BCUT2D eigenvalue weighted by Crippen LogP contribution is -2.56. The third kappa shape index (κ3) is 13.0. The number of fused-ring (bicyclic) bond motifs is 5. The van der Waals surface area contributed by atoms with E-state index in [1.165, 1.54) is 57.8 Å². The molecule has 3 aromatic carbocycles. The molecule has 10 atom stereocenters. The van der Waals surface area contributed by atoms with Crippen molar-refractivity contribution in [2.45, 2.75) is 169 Å². The lowest BCUT2D eigenvalue weighted by atomic mass is 9.41. The molecule has 3 saturated carbocycles. The van der Waals surface area contributed by atoms with Crippen LogP contribution in [0.2, 0.25) is 0 Å². The van der Waals surface area contributed by atoms with Gasteiger partial charge >= 0.3 is 0 Å². The number of nitrogens with one attached hydrogen (secondary N) is 4. The zero-order valence-corrected chi connectivity index (χ0v) is 43.2. The van der Waals surface area contributed by atoms with Crippen LogP contribution in [-0.2, 0) is 43.4 Å². The predicted molar refractivity (Wildman–Crippen MR) is 279 cm³/mol. The van der Waals surface area contributed by atoms with Gasteiger partial charge in [0.2, 0.25) is 23.6 Å². The Kier molecular flexibility index (Phi) is 18.2. The number of aliphatic hydroxyl groups excluding tert-OH is 1. The Morgan fingerprint density at radius 1 is 0.686 bits per heavy atom. The molecular formula is C60H84N4O6. The molecule has 4 amide bonds. The van der Waals surface area contributed by atoms with Gasteiger partial charge in [0.1, 0.15) is 12.1 Å². The summed E-state index contributed by atoms with van der Waals surface area (Å²) < 4.78 is 6.49. The van der Waals surface area contributed by atoms with Crippen LogP contribution in [0.25, 0.3) is 0 Å². The maximum Gasteiger partial charge on any atom is 0.247 e. The highest BCUT2D eigenvalue weighted by atomic mass is 16.5. The number of rotatable bonds is 23. The predicted octanol–water partition coefficient (Wildman–Crippen LogP) is 10.7. The number of amides is 4. The van der Waals surface area contributed by atoms with E-state index < -0.39 is 29.8 Å². The largest absolute Gasteiger partial charge is 0.392 e. The minimum absolute atomic E-state index is 0.0199. The third-order valence-electron chi connectivity index (χ3n) is 17.7. The Labute approximate surface area is 419 Å². The van der Waals surface area contributed by atoms with Crippen molar-refractivity contribution in [2.24, 2.45) is 45.8 Å². The van der Waals surface area contributed by atoms with Gasteiger partial charge in [0.25, 0.3) is 0 Å². The molecule has 380 valence electrons. The van der Waals surface area contributed by atoms with Crippen LogP contribution in [0.3, 0.4) is 0 Å². The van der Waals surface area contributed by atoms with Gasteiger partial charge in [0.15, 0.2) is 0 Å². The van der Waals surface area contributed by atoms with Crippen molar-refractivity contribution in [3.8, 4) is 0 Å². The maximum absolute atomic E-state index is 14.0. The monoisotopic (exact) mass is 957 g/mol. The SMILES string of the molecule is CC(C)CCC[C@@H](C)[C@H]1CC[C@@H]2[C@]1(C)CC[C@H]1[C@@]2(C)CC=C2C[C@@H](OCCCNC(=O)CCC(=O)N[C@@H](Cc3ccccc3)C(=O)N[C@@H](Cc3ccccc3)C(=O)Nc3ccc(CO)cc3)CC[C@@]21C. The highest BCUT2D eigenvalue weighted by Crippen LogP contribution is 2.72. The van der Waals surface area contributed by atoms with E-state index in [0.717, 1.165) is 53.6 Å². The molecule has 10 heteroatoms. The number of ether oxygens (including phenoxy) is 1. The van der Waals surface area contributed by atoms with E-state index in [1.54, 1.807) is 29.8 Å². The molecule has 7 rings (SSSR count). The van der Waals surface area contributed by atoms with Gasteiger partial charge in [-0.3, -0.25) is 19.2 Å². The second-order valence-corrected chi connectivity index (χ2v) is 22.8. The van der Waals surface area contributed by atoms with E-state index in [9.17, 15) is 24.3 Å². The Bertz CT molecular complexity index is 2230. The molecular weight excluding hydrogens is 873 g/mol. The highest BCUT2D eigenvalue weighted by Gasteiger charge is 2.64. The van der Waals surface area contributed by atoms with Crippen molar-refractivity contribution < 1.29 is 29.0 Å². The smallest absolute Gasteiger partial charge is 0.247 e. The Balaban J connectivity index is 0.859. The van der Waals surface area contributed by atoms with Crippen LogP contribution in [0.4, 0.5) is 5.69 Å². The molecule has 10 nitrogen and oxygen atoms in total. The fourth-order valence-corrected chi connectivity index (χ4v) is 13.9. The summed E-state index contributed by atoms with van der Waals surface area (Å²) in [5.41, 5.74) is 5.62. The summed E-state index contributed by atoms with van der Waals surface area (Å²) in [6, 6.07) is 23.7.